The summed E-state index contributed by atoms with van der Waals surface area (Å²) in [6.45, 7) is 8.40. The number of nitrogens with zero attached hydrogens (tertiary/aromatic N) is 6. The number of hydrogen-bond donors (Lipinski definition) is 3. The number of rotatable bonds is 7. The zero-order chi connectivity index (χ0) is 27.0. The Kier molecular flexibility index (Phi) is 7.00. The minimum absolute atomic E-state index is 0.0307. The van der Waals surface area contributed by atoms with E-state index >= 15 is 0 Å². The summed E-state index contributed by atoms with van der Waals surface area (Å²) in [5.74, 6) is -0.310. The molecule has 1 amide bonds. The summed E-state index contributed by atoms with van der Waals surface area (Å²) in [5.41, 5.74) is 7.44. The fraction of sp³-hybridized carbons (Fsp3) is 0.346. The summed E-state index contributed by atoms with van der Waals surface area (Å²) < 4.78 is 31.6. The van der Waals surface area contributed by atoms with Crippen molar-refractivity contribution in [1.82, 2.24) is 34.7 Å². The third-order valence-electron chi connectivity index (χ3n) is 6.53. The lowest BCUT2D eigenvalue weighted by Gasteiger charge is -2.31. The van der Waals surface area contributed by atoms with Crippen LogP contribution in [0.25, 0.3) is 22.3 Å². The Hall–Kier alpha value is -4.03. The first-order chi connectivity index (χ1) is 18.2. The van der Waals surface area contributed by atoms with Crippen LogP contribution in [0.3, 0.4) is 0 Å². The topological polar surface area (TPSA) is 127 Å². The van der Waals surface area contributed by atoms with Crippen molar-refractivity contribution < 1.29 is 13.6 Å². The molecule has 0 radical (unpaired) electrons. The number of primary amides is 1. The van der Waals surface area contributed by atoms with Crippen molar-refractivity contribution in [3.8, 4) is 11.3 Å². The van der Waals surface area contributed by atoms with E-state index in [2.05, 4.69) is 35.5 Å². The fourth-order valence-electron chi connectivity index (χ4n) is 4.80. The van der Waals surface area contributed by atoms with Crippen LogP contribution < -0.4 is 16.4 Å². The van der Waals surface area contributed by atoms with E-state index in [0.29, 0.717) is 36.8 Å². The Morgan fingerprint density at radius 2 is 2.00 bits per heavy atom. The van der Waals surface area contributed by atoms with E-state index in [-0.39, 0.29) is 40.7 Å². The molecule has 0 saturated carbocycles. The molecule has 0 aliphatic carbocycles. The van der Waals surface area contributed by atoms with Gasteiger partial charge in [-0.25, -0.2) is 28.7 Å². The number of aryl methyl sites for hydroxylation is 1. The van der Waals surface area contributed by atoms with Gasteiger partial charge in [-0.1, -0.05) is 6.07 Å². The zero-order valence-electron chi connectivity index (χ0n) is 21.4. The van der Waals surface area contributed by atoms with Gasteiger partial charge < -0.3 is 20.9 Å². The molecule has 1 aliphatic rings. The van der Waals surface area contributed by atoms with Crippen LogP contribution in [0.15, 0.2) is 36.7 Å². The van der Waals surface area contributed by atoms with Crippen molar-refractivity contribution in [2.45, 2.75) is 39.4 Å². The maximum absolute atomic E-state index is 14.9. The summed E-state index contributed by atoms with van der Waals surface area (Å²) in [6.07, 6.45) is 2.76. The van der Waals surface area contributed by atoms with E-state index in [9.17, 15) is 13.6 Å². The van der Waals surface area contributed by atoms with Crippen LogP contribution in [0.4, 0.5) is 20.5 Å². The Bertz CT molecular complexity index is 1490. The molecule has 4 heterocycles. The van der Waals surface area contributed by atoms with E-state index in [1.54, 1.807) is 18.3 Å². The van der Waals surface area contributed by atoms with Crippen LogP contribution in [-0.2, 0) is 11.3 Å². The predicted molar refractivity (Wildman–Crippen MR) is 140 cm³/mol. The number of halogens is 2. The number of nitrogens with two attached hydrogens (primary N) is 1. The molecule has 1 aromatic carbocycles. The third kappa shape index (κ3) is 5.18. The highest BCUT2D eigenvalue weighted by Gasteiger charge is 2.23. The molecule has 0 unspecified atom stereocenters. The molecule has 10 nitrogen and oxygen atoms in total. The van der Waals surface area contributed by atoms with E-state index in [0.717, 1.165) is 18.3 Å². The summed E-state index contributed by atoms with van der Waals surface area (Å²) in [7, 11) is 0. The Morgan fingerprint density at radius 1 is 1.18 bits per heavy atom. The van der Waals surface area contributed by atoms with Gasteiger partial charge in [0.15, 0.2) is 11.6 Å². The van der Waals surface area contributed by atoms with Crippen molar-refractivity contribution in [2.75, 3.05) is 25.0 Å². The van der Waals surface area contributed by atoms with Crippen LogP contribution in [0.2, 0.25) is 0 Å². The SMILES string of the molecule is Cc1nc2c(F)cc(-c3nc(Nc4ccc(CN5CCN[C@@H](C(N)=O)C5)cn4)ncc3F)cc2n1C(C)C. The Labute approximate surface area is 218 Å². The van der Waals surface area contributed by atoms with Crippen LogP contribution in [-0.4, -0.2) is 61.0 Å². The molecule has 1 aliphatic heterocycles. The number of amides is 1. The molecule has 0 bridgehead atoms. The molecule has 1 saturated heterocycles. The monoisotopic (exact) mass is 521 g/mol. The second-order valence-electron chi connectivity index (χ2n) is 9.66. The largest absolute Gasteiger partial charge is 0.368 e. The molecule has 5 rings (SSSR count). The van der Waals surface area contributed by atoms with Crippen molar-refractivity contribution in [1.29, 1.82) is 0 Å². The second-order valence-corrected chi connectivity index (χ2v) is 9.66. The molecule has 3 aromatic heterocycles. The van der Waals surface area contributed by atoms with Gasteiger partial charge in [-0.3, -0.25) is 9.69 Å². The molecular weight excluding hydrogens is 492 g/mol. The van der Waals surface area contributed by atoms with E-state index in [1.807, 2.05) is 31.4 Å². The first kappa shape index (κ1) is 25.6. The van der Waals surface area contributed by atoms with Gasteiger partial charge in [0.2, 0.25) is 11.9 Å². The van der Waals surface area contributed by atoms with Gasteiger partial charge in [0.25, 0.3) is 0 Å². The molecule has 4 aromatic rings. The maximum atomic E-state index is 14.9. The predicted octanol–water partition coefficient (Wildman–Crippen LogP) is 3.06. The first-order valence-corrected chi connectivity index (χ1v) is 12.4. The van der Waals surface area contributed by atoms with Crippen LogP contribution >= 0.6 is 0 Å². The quantitative estimate of drug-likeness (QED) is 0.339. The molecule has 1 atom stereocenters. The normalized spacial score (nSPS) is 16.3. The minimum Gasteiger partial charge on any atom is -0.368 e. The summed E-state index contributed by atoms with van der Waals surface area (Å²) in [5, 5.41) is 6.09. The van der Waals surface area contributed by atoms with Crippen LogP contribution in [0.1, 0.15) is 31.3 Å². The number of fused-ring (bicyclic) bond motifs is 1. The number of benzene rings is 1. The molecule has 1 fully saturated rings. The average molecular weight is 522 g/mol. The average Bonchev–Trinajstić information content (AvgIpc) is 3.23. The van der Waals surface area contributed by atoms with Crippen molar-refractivity contribution in [3.63, 3.8) is 0 Å². The van der Waals surface area contributed by atoms with Gasteiger partial charge in [-0.15, -0.1) is 0 Å². The van der Waals surface area contributed by atoms with Crippen LogP contribution in [0, 0.1) is 18.6 Å². The molecular formula is C26H29F2N9O. The lowest BCUT2D eigenvalue weighted by molar-refractivity contribution is -0.121. The summed E-state index contributed by atoms with van der Waals surface area (Å²) in [4.78, 5) is 30.7. The van der Waals surface area contributed by atoms with Gasteiger partial charge in [0.1, 0.15) is 22.9 Å². The highest BCUT2D eigenvalue weighted by atomic mass is 19.1. The van der Waals surface area contributed by atoms with Gasteiger partial charge in [0, 0.05) is 44.0 Å². The Morgan fingerprint density at radius 3 is 2.71 bits per heavy atom. The third-order valence-corrected chi connectivity index (χ3v) is 6.53. The van der Waals surface area contributed by atoms with Crippen molar-refractivity contribution in [2.24, 2.45) is 5.73 Å². The smallest absolute Gasteiger partial charge is 0.235 e. The van der Waals surface area contributed by atoms with Crippen molar-refractivity contribution >= 4 is 28.7 Å². The zero-order valence-corrected chi connectivity index (χ0v) is 21.4. The number of piperazine rings is 1. The molecule has 0 spiro atoms. The number of anilines is 2. The number of carbonyl (C=O) groups is 1. The van der Waals surface area contributed by atoms with Crippen molar-refractivity contribution in [3.05, 3.63) is 59.7 Å². The number of carbonyl (C=O) groups excluding carboxylic acids is 1. The number of hydrogen-bond acceptors (Lipinski definition) is 8. The minimum atomic E-state index is -0.671. The summed E-state index contributed by atoms with van der Waals surface area (Å²) >= 11 is 0. The summed E-state index contributed by atoms with van der Waals surface area (Å²) in [6, 6.07) is 6.28. The fourth-order valence-corrected chi connectivity index (χ4v) is 4.80. The van der Waals surface area contributed by atoms with Gasteiger partial charge in [-0.05, 0) is 44.5 Å². The highest BCUT2D eigenvalue weighted by Crippen LogP contribution is 2.30. The first-order valence-electron chi connectivity index (χ1n) is 12.4. The van der Waals surface area contributed by atoms with Gasteiger partial charge >= 0.3 is 0 Å². The van der Waals surface area contributed by atoms with Gasteiger partial charge in [0.05, 0.1) is 17.8 Å². The highest BCUT2D eigenvalue weighted by molar-refractivity contribution is 5.83. The number of nitrogens with one attached hydrogen (secondary N) is 2. The standard InChI is InChI=1S/C26H29F2N9O/c1-14(2)37-15(3)33-24-18(27)8-17(9-21(24)37)23-19(28)11-32-26(35-23)34-22-5-4-16(10-31-22)12-36-7-6-30-20(13-36)25(29)38/h4-5,8-11,14,20,30H,6-7,12-13H2,1-3H3,(H2,29,38)(H,31,32,34,35)/t20-/m1/s1. The van der Waals surface area contributed by atoms with Crippen LogP contribution in [0.5, 0.6) is 0 Å². The number of pyridine rings is 1. The molecule has 12 heteroatoms. The molecule has 38 heavy (non-hydrogen) atoms. The molecule has 198 valence electrons. The lowest BCUT2D eigenvalue weighted by atomic mass is 10.1. The Balaban J connectivity index is 1.35. The maximum Gasteiger partial charge on any atom is 0.235 e. The lowest BCUT2D eigenvalue weighted by Crippen LogP contribution is -2.55. The molecule has 4 N–H and O–H groups in total. The second kappa shape index (κ2) is 10.4. The van der Waals surface area contributed by atoms with E-state index < -0.39 is 11.6 Å². The number of imidazole rings is 1. The van der Waals surface area contributed by atoms with Gasteiger partial charge in [-0.2, -0.15) is 0 Å². The van der Waals surface area contributed by atoms with E-state index in [1.165, 1.54) is 6.07 Å². The van der Waals surface area contributed by atoms with E-state index in [4.69, 9.17) is 5.73 Å². The number of aromatic nitrogens is 5.